The van der Waals surface area contributed by atoms with Gasteiger partial charge >= 0.3 is 0 Å². The Morgan fingerprint density at radius 3 is 2.75 bits per heavy atom. The summed E-state index contributed by atoms with van der Waals surface area (Å²) in [6.07, 6.45) is 8.09. The third kappa shape index (κ3) is 4.38. The number of nitrogens with zero attached hydrogens (tertiary/aromatic N) is 5. The molecule has 0 radical (unpaired) electrons. The molecule has 2 saturated carbocycles. The van der Waals surface area contributed by atoms with Crippen molar-refractivity contribution < 1.29 is 5.11 Å². The second kappa shape index (κ2) is 8.96. The van der Waals surface area contributed by atoms with Gasteiger partial charge in [-0.3, -0.25) is 4.98 Å². The molecule has 0 saturated heterocycles. The molecule has 9 heteroatoms. The minimum absolute atomic E-state index is 0.235. The smallest absolute Gasteiger partial charge is 0.225 e. The van der Waals surface area contributed by atoms with Crippen LogP contribution in [0.2, 0.25) is 0 Å². The van der Waals surface area contributed by atoms with E-state index in [4.69, 9.17) is 20.2 Å². The third-order valence-corrected chi connectivity index (χ3v) is 7.25. The number of hydrogen-bond acceptors (Lipinski definition) is 9. The molecule has 0 aliphatic heterocycles. The summed E-state index contributed by atoms with van der Waals surface area (Å²) in [6, 6.07) is 4.91. The maximum Gasteiger partial charge on any atom is 0.225 e. The monoisotopic (exact) mass is 449 g/mol. The summed E-state index contributed by atoms with van der Waals surface area (Å²) in [7, 11) is 0. The lowest BCUT2D eigenvalue weighted by atomic mass is 10.1. The van der Waals surface area contributed by atoms with Crippen LogP contribution in [-0.4, -0.2) is 43.7 Å². The molecule has 0 amide bonds. The first-order chi connectivity index (χ1) is 15.6. The van der Waals surface area contributed by atoms with Gasteiger partial charge in [0.1, 0.15) is 16.3 Å². The van der Waals surface area contributed by atoms with Crippen LogP contribution in [0.1, 0.15) is 49.9 Å². The minimum Gasteiger partial charge on any atom is -0.396 e. The molecule has 0 aromatic carbocycles. The van der Waals surface area contributed by atoms with Gasteiger partial charge in [0, 0.05) is 37.7 Å². The SMILES string of the molecule is Cc1nc(NC2CC2)nc(NC2CCC(CO)C2)c1-c1nc2c(CCC#N)nccc2s1. The van der Waals surface area contributed by atoms with Crippen LogP contribution in [-0.2, 0) is 6.42 Å². The summed E-state index contributed by atoms with van der Waals surface area (Å²) in [4.78, 5) is 19.0. The number of thiazole rings is 1. The van der Waals surface area contributed by atoms with E-state index in [-0.39, 0.29) is 12.6 Å². The van der Waals surface area contributed by atoms with Crippen LogP contribution < -0.4 is 10.6 Å². The summed E-state index contributed by atoms with van der Waals surface area (Å²) < 4.78 is 1.05. The summed E-state index contributed by atoms with van der Waals surface area (Å²) in [5.41, 5.74) is 3.52. The van der Waals surface area contributed by atoms with E-state index in [1.165, 1.54) is 0 Å². The van der Waals surface area contributed by atoms with Crippen molar-refractivity contribution in [2.24, 2.45) is 5.92 Å². The number of nitriles is 1. The van der Waals surface area contributed by atoms with Gasteiger partial charge < -0.3 is 15.7 Å². The summed E-state index contributed by atoms with van der Waals surface area (Å²) >= 11 is 1.61. The van der Waals surface area contributed by atoms with Crippen LogP contribution in [0.4, 0.5) is 11.8 Å². The van der Waals surface area contributed by atoms with Gasteiger partial charge in [0.05, 0.1) is 27.7 Å². The van der Waals surface area contributed by atoms with E-state index in [1.807, 2.05) is 13.0 Å². The van der Waals surface area contributed by atoms with Gasteiger partial charge in [-0.1, -0.05) is 0 Å². The van der Waals surface area contributed by atoms with Crippen LogP contribution in [0.15, 0.2) is 12.3 Å². The highest BCUT2D eigenvalue weighted by atomic mass is 32.1. The zero-order valence-electron chi connectivity index (χ0n) is 18.1. The van der Waals surface area contributed by atoms with E-state index in [0.29, 0.717) is 30.7 Å². The Morgan fingerprint density at radius 2 is 2.00 bits per heavy atom. The summed E-state index contributed by atoms with van der Waals surface area (Å²) in [5, 5.41) is 26.5. The Balaban J connectivity index is 1.54. The molecule has 0 spiro atoms. The first-order valence-corrected chi connectivity index (χ1v) is 12.1. The maximum atomic E-state index is 9.55. The lowest BCUT2D eigenvalue weighted by Crippen LogP contribution is -2.19. The molecule has 3 aromatic rings. The van der Waals surface area contributed by atoms with Crippen LogP contribution in [0.3, 0.4) is 0 Å². The fourth-order valence-electron chi connectivity index (χ4n) is 4.35. The number of aryl methyl sites for hydroxylation is 2. The lowest BCUT2D eigenvalue weighted by Gasteiger charge is -2.18. The first-order valence-electron chi connectivity index (χ1n) is 11.3. The van der Waals surface area contributed by atoms with Gasteiger partial charge in [0.2, 0.25) is 5.95 Å². The van der Waals surface area contributed by atoms with E-state index in [1.54, 1.807) is 17.5 Å². The topological polar surface area (TPSA) is 120 Å². The average molecular weight is 450 g/mol. The van der Waals surface area contributed by atoms with Gasteiger partial charge in [0.15, 0.2) is 0 Å². The molecular formula is C23H27N7OS. The van der Waals surface area contributed by atoms with E-state index in [9.17, 15) is 5.11 Å². The molecule has 0 bridgehead atoms. The molecule has 2 aliphatic rings. The number of pyridine rings is 1. The highest BCUT2D eigenvalue weighted by Gasteiger charge is 2.28. The van der Waals surface area contributed by atoms with Gasteiger partial charge in [0.25, 0.3) is 0 Å². The van der Waals surface area contributed by atoms with Crippen molar-refractivity contribution in [2.45, 2.75) is 64.0 Å². The number of fused-ring (bicyclic) bond motifs is 1. The van der Waals surface area contributed by atoms with Crippen molar-refractivity contribution in [3.63, 3.8) is 0 Å². The zero-order valence-corrected chi connectivity index (χ0v) is 19.0. The van der Waals surface area contributed by atoms with Crippen molar-refractivity contribution in [2.75, 3.05) is 17.2 Å². The minimum atomic E-state index is 0.235. The molecule has 2 aliphatic carbocycles. The fraction of sp³-hybridized carbons (Fsp3) is 0.522. The maximum absolute atomic E-state index is 9.55. The van der Waals surface area contributed by atoms with Gasteiger partial charge in [-0.2, -0.15) is 10.2 Å². The standard InChI is InChI=1S/C23H27N7OS/c1-13-19(22-29-20-17(3-2-9-24)25-10-8-18(20)32-22)21(27-16-5-4-14(11-16)12-31)30-23(26-13)28-15-6-7-15/h8,10,14-16,31H,2-7,11-12H2,1H3,(H2,26,27,28,30). The molecule has 2 unspecified atom stereocenters. The average Bonchev–Trinajstić information content (AvgIpc) is 3.30. The predicted molar refractivity (Wildman–Crippen MR) is 126 cm³/mol. The molecule has 166 valence electrons. The molecule has 32 heavy (non-hydrogen) atoms. The van der Waals surface area contributed by atoms with Crippen LogP contribution in [0.25, 0.3) is 20.8 Å². The number of nitrogens with one attached hydrogen (secondary N) is 2. The number of anilines is 2. The highest BCUT2D eigenvalue weighted by molar-refractivity contribution is 7.21. The number of aliphatic hydroxyl groups is 1. The lowest BCUT2D eigenvalue weighted by molar-refractivity contribution is 0.229. The molecule has 8 nitrogen and oxygen atoms in total. The fourth-order valence-corrected chi connectivity index (χ4v) is 5.43. The largest absolute Gasteiger partial charge is 0.396 e. The molecule has 2 fully saturated rings. The quantitative estimate of drug-likeness (QED) is 0.471. The van der Waals surface area contributed by atoms with E-state index in [2.05, 4.69) is 21.7 Å². The number of hydrogen-bond donors (Lipinski definition) is 3. The molecule has 2 atom stereocenters. The Bertz CT molecular complexity index is 1170. The second-order valence-electron chi connectivity index (χ2n) is 8.76. The van der Waals surface area contributed by atoms with Crippen LogP contribution >= 0.6 is 11.3 Å². The zero-order chi connectivity index (χ0) is 22.1. The Labute approximate surface area is 191 Å². The van der Waals surface area contributed by atoms with Gasteiger partial charge in [-0.25, -0.2) is 9.97 Å². The van der Waals surface area contributed by atoms with E-state index >= 15 is 0 Å². The Morgan fingerprint density at radius 1 is 1.16 bits per heavy atom. The van der Waals surface area contributed by atoms with E-state index < -0.39 is 0 Å². The van der Waals surface area contributed by atoms with Crippen molar-refractivity contribution in [1.82, 2.24) is 19.9 Å². The van der Waals surface area contributed by atoms with Crippen molar-refractivity contribution in [3.8, 4) is 16.6 Å². The van der Waals surface area contributed by atoms with Crippen molar-refractivity contribution in [3.05, 3.63) is 23.7 Å². The number of rotatable bonds is 8. The van der Waals surface area contributed by atoms with E-state index in [0.717, 1.165) is 70.1 Å². The molecule has 3 N–H and O–H groups in total. The summed E-state index contributed by atoms with van der Waals surface area (Å²) in [5.74, 6) is 1.81. The molecule has 5 rings (SSSR count). The van der Waals surface area contributed by atoms with Crippen LogP contribution in [0.5, 0.6) is 0 Å². The van der Waals surface area contributed by atoms with Crippen molar-refractivity contribution in [1.29, 1.82) is 5.26 Å². The molecular weight excluding hydrogens is 422 g/mol. The normalized spacial score (nSPS) is 20.4. The van der Waals surface area contributed by atoms with Crippen LogP contribution in [0, 0.1) is 24.2 Å². The Kier molecular flexibility index (Phi) is 5.89. The van der Waals surface area contributed by atoms with Gasteiger partial charge in [-0.05, 0) is 51.0 Å². The molecule has 3 aromatic heterocycles. The number of aromatic nitrogens is 4. The summed E-state index contributed by atoms with van der Waals surface area (Å²) in [6.45, 7) is 2.24. The number of aliphatic hydroxyl groups excluding tert-OH is 1. The second-order valence-corrected chi connectivity index (χ2v) is 9.79. The predicted octanol–water partition coefficient (Wildman–Crippen LogP) is 4.06. The Hall–Kier alpha value is -2.83. The highest BCUT2D eigenvalue weighted by Crippen LogP contribution is 2.39. The van der Waals surface area contributed by atoms with Crippen molar-refractivity contribution >= 4 is 33.3 Å². The van der Waals surface area contributed by atoms with Gasteiger partial charge in [-0.15, -0.1) is 11.3 Å². The first kappa shape index (κ1) is 21.0. The third-order valence-electron chi connectivity index (χ3n) is 6.21. The molecule has 3 heterocycles.